The number of fused-ring (bicyclic) bond motifs is 1. The zero-order valence-corrected chi connectivity index (χ0v) is 10.4. The molecule has 1 heterocycles. The first kappa shape index (κ1) is 11.6. The van der Waals surface area contributed by atoms with Crippen LogP contribution in [0.5, 0.6) is 5.75 Å². The van der Waals surface area contributed by atoms with E-state index in [4.69, 9.17) is 0 Å². The molecule has 6 heteroatoms. The van der Waals surface area contributed by atoms with Gasteiger partial charge in [-0.15, -0.1) is 11.3 Å². The molecule has 19 heavy (non-hydrogen) atoms. The number of rotatable bonds is 2. The lowest BCUT2D eigenvalue weighted by atomic mass is 10.2. The number of hydrogen-bond acceptors (Lipinski definition) is 5. The van der Waals surface area contributed by atoms with Gasteiger partial charge in [0.2, 0.25) is 5.75 Å². The lowest BCUT2D eigenvalue weighted by Gasteiger charge is -2.00. The molecule has 0 amide bonds. The molecular formula is C13H8N2O3S. The van der Waals surface area contributed by atoms with Crippen molar-refractivity contribution in [3.63, 3.8) is 0 Å². The summed E-state index contributed by atoms with van der Waals surface area (Å²) in [5, 5.41) is 21.3. The Morgan fingerprint density at radius 3 is 2.68 bits per heavy atom. The molecule has 0 atom stereocenters. The van der Waals surface area contributed by atoms with Crippen LogP contribution in [0.2, 0.25) is 0 Å². The fraction of sp³-hybridized carbons (Fsp3) is 0. The number of aromatic hydroxyl groups is 1. The highest BCUT2D eigenvalue weighted by molar-refractivity contribution is 7.21. The highest BCUT2D eigenvalue weighted by Crippen LogP contribution is 2.39. The summed E-state index contributed by atoms with van der Waals surface area (Å²) in [6.45, 7) is 0. The average Bonchev–Trinajstić information content (AvgIpc) is 2.82. The van der Waals surface area contributed by atoms with Crippen LogP contribution in [0, 0.1) is 10.1 Å². The Morgan fingerprint density at radius 2 is 1.95 bits per heavy atom. The highest BCUT2D eigenvalue weighted by atomic mass is 32.1. The summed E-state index contributed by atoms with van der Waals surface area (Å²) in [6.07, 6.45) is 0. The van der Waals surface area contributed by atoms with Crippen LogP contribution in [0.15, 0.2) is 42.5 Å². The summed E-state index contributed by atoms with van der Waals surface area (Å²) in [7, 11) is 0. The van der Waals surface area contributed by atoms with Crippen LogP contribution in [-0.4, -0.2) is 15.0 Å². The molecule has 0 saturated carbocycles. The van der Waals surface area contributed by atoms with E-state index < -0.39 is 4.92 Å². The number of para-hydroxylation sites is 2. The second-order valence-electron chi connectivity index (χ2n) is 3.92. The zero-order valence-electron chi connectivity index (χ0n) is 9.61. The molecule has 5 nitrogen and oxygen atoms in total. The first-order chi connectivity index (χ1) is 9.16. The molecule has 3 aromatic rings. The molecule has 0 unspecified atom stereocenters. The lowest BCUT2D eigenvalue weighted by Crippen LogP contribution is -1.89. The minimum Gasteiger partial charge on any atom is -0.502 e. The number of aromatic nitrogens is 1. The normalized spacial score (nSPS) is 10.7. The molecule has 1 aromatic heterocycles. The molecule has 2 aromatic carbocycles. The summed E-state index contributed by atoms with van der Waals surface area (Å²) in [4.78, 5) is 14.6. The number of thiazole rings is 1. The number of benzene rings is 2. The Labute approximate surface area is 111 Å². The van der Waals surface area contributed by atoms with Crippen LogP contribution in [0.3, 0.4) is 0 Å². The van der Waals surface area contributed by atoms with E-state index in [1.54, 1.807) is 12.1 Å². The van der Waals surface area contributed by atoms with Gasteiger partial charge in [0.05, 0.1) is 20.7 Å². The monoisotopic (exact) mass is 272 g/mol. The predicted octanol–water partition coefficient (Wildman–Crippen LogP) is 3.58. The van der Waals surface area contributed by atoms with Gasteiger partial charge in [-0.05, 0) is 18.2 Å². The Kier molecular flexibility index (Phi) is 2.64. The molecule has 0 radical (unpaired) electrons. The van der Waals surface area contributed by atoms with Crippen molar-refractivity contribution in [3.8, 4) is 16.3 Å². The van der Waals surface area contributed by atoms with Gasteiger partial charge in [0.15, 0.2) is 0 Å². The fourth-order valence-corrected chi connectivity index (χ4v) is 2.83. The van der Waals surface area contributed by atoms with Crippen LogP contribution in [0.25, 0.3) is 20.8 Å². The molecule has 0 aliphatic rings. The van der Waals surface area contributed by atoms with Gasteiger partial charge in [-0.1, -0.05) is 18.2 Å². The highest BCUT2D eigenvalue weighted by Gasteiger charge is 2.19. The molecule has 0 bridgehead atoms. The maximum atomic E-state index is 10.8. The summed E-state index contributed by atoms with van der Waals surface area (Å²) < 4.78 is 0.975. The molecule has 94 valence electrons. The smallest absolute Gasteiger partial charge is 0.311 e. The van der Waals surface area contributed by atoms with Crippen LogP contribution in [0.4, 0.5) is 5.69 Å². The first-order valence-electron chi connectivity index (χ1n) is 5.49. The van der Waals surface area contributed by atoms with Gasteiger partial charge in [-0.25, -0.2) is 4.98 Å². The van der Waals surface area contributed by atoms with Gasteiger partial charge in [0, 0.05) is 6.07 Å². The van der Waals surface area contributed by atoms with E-state index in [0.717, 1.165) is 10.2 Å². The van der Waals surface area contributed by atoms with E-state index in [9.17, 15) is 15.2 Å². The van der Waals surface area contributed by atoms with E-state index in [0.29, 0.717) is 10.6 Å². The summed E-state index contributed by atoms with van der Waals surface area (Å²) in [5.41, 5.74) is 0.889. The van der Waals surface area contributed by atoms with Gasteiger partial charge >= 0.3 is 5.69 Å². The van der Waals surface area contributed by atoms with Crippen LogP contribution >= 0.6 is 11.3 Å². The Hall–Kier alpha value is -2.47. The third-order valence-electron chi connectivity index (χ3n) is 2.74. The number of phenolic OH excluding ortho intramolecular Hbond substituents is 1. The van der Waals surface area contributed by atoms with Crippen LogP contribution < -0.4 is 0 Å². The summed E-state index contributed by atoms with van der Waals surface area (Å²) >= 11 is 1.39. The molecule has 0 aliphatic carbocycles. The first-order valence-corrected chi connectivity index (χ1v) is 6.31. The number of nitro groups is 1. The van der Waals surface area contributed by atoms with Crippen molar-refractivity contribution < 1.29 is 10.0 Å². The topological polar surface area (TPSA) is 76.3 Å². The number of phenols is 1. The summed E-state index contributed by atoms with van der Waals surface area (Å²) in [6, 6.07) is 12.0. The Bertz CT molecular complexity index is 749. The van der Waals surface area contributed by atoms with Crippen molar-refractivity contribution >= 4 is 27.2 Å². The predicted molar refractivity (Wildman–Crippen MR) is 73.4 cm³/mol. The van der Waals surface area contributed by atoms with Crippen molar-refractivity contribution in [2.45, 2.75) is 0 Å². The lowest BCUT2D eigenvalue weighted by molar-refractivity contribution is -0.385. The summed E-state index contributed by atoms with van der Waals surface area (Å²) in [5.74, 6) is -0.341. The van der Waals surface area contributed by atoms with E-state index in [-0.39, 0.29) is 11.4 Å². The van der Waals surface area contributed by atoms with E-state index >= 15 is 0 Å². The quantitative estimate of drug-likeness (QED) is 0.571. The van der Waals surface area contributed by atoms with Crippen LogP contribution in [0.1, 0.15) is 0 Å². The van der Waals surface area contributed by atoms with Gasteiger partial charge in [0.1, 0.15) is 5.01 Å². The van der Waals surface area contributed by atoms with Gasteiger partial charge < -0.3 is 5.11 Å². The van der Waals surface area contributed by atoms with E-state index in [2.05, 4.69) is 4.98 Å². The largest absolute Gasteiger partial charge is 0.502 e. The van der Waals surface area contributed by atoms with Gasteiger partial charge in [-0.3, -0.25) is 10.1 Å². The van der Waals surface area contributed by atoms with E-state index in [1.807, 2.05) is 24.3 Å². The molecular weight excluding hydrogens is 264 g/mol. The second kappa shape index (κ2) is 4.33. The molecule has 0 fully saturated rings. The maximum absolute atomic E-state index is 10.8. The second-order valence-corrected chi connectivity index (χ2v) is 4.95. The SMILES string of the molecule is O=[N+]([O-])c1cccc(-c2nc3ccccc3s2)c1O. The van der Waals surface area contributed by atoms with Crippen molar-refractivity contribution in [1.82, 2.24) is 4.98 Å². The maximum Gasteiger partial charge on any atom is 0.311 e. The molecule has 0 spiro atoms. The molecule has 0 aliphatic heterocycles. The van der Waals surface area contributed by atoms with Gasteiger partial charge in [0.25, 0.3) is 0 Å². The Balaban J connectivity index is 2.21. The third-order valence-corrected chi connectivity index (χ3v) is 3.81. The van der Waals surface area contributed by atoms with Gasteiger partial charge in [-0.2, -0.15) is 0 Å². The number of nitro benzene ring substituents is 1. The zero-order chi connectivity index (χ0) is 13.4. The molecule has 3 rings (SSSR count). The average molecular weight is 272 g/mol. The fourth-order valence-electron chi connectivity index (χ4n) is 1.84. The van der Waals surface area contributed by atoms with Crippen molar-refractivity contribution in [2.75, 3.05) is 0 Å². The molecule has 0 saturated heterocycles. The van der Waals surface area contributed by atoms with Crippen LogP contribution in [-0.2, 0) is 0 Å². The minimum absolute atomic E-state index is 0.309. The standard InChI is InChI=1S/C13H8N2O3S/c16-12-8(4-3-6-10(12)15(17)18)13-14-9-5-1-2-7-11(9)19-13/h1-7,16H. The van der Waals surface area contributed by atoms with E-state index in [1.165, 1.54) is 17.4 Å². The van der Waals surface area contributed by atoms with Crippen molar-refractivity contribution in [1.29, 1.82) is 0 Å². The van der Waals surface area contributed by atoms with Crippen molar-refractivity contribution in [2.24, 2.45) is 0 Å². The minimum atomic E-state index is -0.605. The number of hydrogen-bond donors (Lipinski definition) is 1. The molecule has 1 N–H and O–H groups in total. The number of nitrogens with zero attached hydrogens (tertiary/aromatic N) is 2. The van der Waals surface area contributed by atoms with Crippen molar-refractivity contribution in [3.05, 3.63) is 52.6 Å². The Morgan fingerprint density at radius 1 is 1.16 bits per heavy atom. The third kappa shape index (κ3) is 1.92.